The van der Waals surface area contributed by atoms with E-state index < -0.39 is 6.04 Å². The van der Waals surface area contributed by atoms with E-state index >= 15 is 0 Å². The van der Waals surface area contributed by atoms with Crippen LogP contribution in [0.15, 0.2) is 36.4 Å². The summed E-state index contributed by atoms with van der Waals surface area (Å²) in [6.07, 6.45) is 0. The maximum atomic E-state index is 13.2. The SMILES string of the molecule is Cc1ccc(NC2C(=O)Nc3cc(F)ccc32)c(C)c1. The lowest BCUT2D eigenvalue weighted by atomic mass is 10.1. The zero-order valence-corrected chi connectivity index (χ0v) is 11.3. The second-order valence-electron chi connectivity index (χ2n) is 5.12. The Kier molecular flexibility index (Phi) is 2.93. The van der Waals surface area contributed by atoms with Gasteiger partial charge in [0.1, 0.15) is 11.9 Å². The Morgan fingerprint density at radius 1 is 1.15 bits per heavy atom. The van der Waals surface area contributed by atoms with Gasteiger partial charge in [0.25, 0.3) is 5.91 Å². The van der Waals surface area contributed by atoms with E-state index in [0.29, 0.717) is 5.69 Å². The highest BCUT2D eigenvalue weighted by molar-refractivity contribution is 6.04. The second-order valence-corrected chi connectivity index (χ2v) is 5.12. The first kappa shape index (κ1) is 12.7. The van der Waals surface area contributed by atoms with Crippen LogP contribution in [0.2, 0.25) is 0 Å². The molecule has 3 nitrogen and oxygen atoms in total. The van der Waals surface area contributed by atoms with Crippen molar-refractivity contribution in [1.29, 1.82) is 0 Å². The summed E-state index contributed by atoms with van der Waals surface area (Å²) in [7, 11) is 0. The molecule has 0 saturated heterocycles. The van der Waals surface area contributed by atoms with Crippen molar-refractivity contribution in [2.75, 3.05) is 10.6 Å². The van der Waals surface area contributed by atoms with E-state index in [-0.39, 0.29) is 11.7 Å². The van der Waals surface area contributed by atoms with Crippen molar-refractivity contribution >= 4 is 17.3 Å². The first-order valence-corrected chi connectivity index (χ1v) is 6.49. The quantitative estimate of drug-likeness (QED) is 0.876. The van der Waals surface area contributed by atoms with Crippen molar-refractivity contribution in [3.8, 4) is 0 Å². The molecular formula is C16H15FN2O. The van der Waals surface area contributed by atoms with Crippen molar-refractivity contribution in [3.05, 3.63) is 58.9 Å². The first-order chi connectivity index (χ1) is 9.54. The van der Waals surface area contributed by atoms with Crippen LogP contribution < -0.4 is 10.6 Å². The minimum absolute atomic E-state index is 0.162. The topological polar surface area (TPSA) is 41.1 Å². The van der Waals surface area contributed by atoms with Gasteiger partial charge in [0, 0.05) is 16.9 Å². The number of rotatable bonds is 2. The van der Waals surface area contributed by atoms with E-state index in [1.807, 2.05) is 26.0 Å². The van der Waals surface area contributed by atoms with Gasteiger partial charge in [0.15, 0.2) is 0 Å². The van der Waals surface area contributed by atoms with Gasteiger partial charge in [-0.1, -0.05) is 23.8 Å². The van der Waals surface area contributed by atoms with Gasteiger partial charge in [0.05, 0.1) is 0 Å². The summed E-state index contributed by atoms with van der Waals surface area (Å²) in [5.41, 5.74) is 4.47. The molecule has 0 bridgehead atoms. The lowest BCUT2D eigenvalue weighted by Crippen LogP contribution is -2.20. The number of hydrogen-bond donors (Lipinski definition) is 2. The summed E-state index contributed by atoms with van der Waals surface area (Å²) >= 11 is 0. The van der Waals surface area contributed by atoms with Gasteiger partial charge < -0.3 is 10.6 Å². The largest absolute Gasteiger partial charge is 0.370 e. The Morgan fingerprint density at radius 2 is 1.95 bits per heavy atom. The highest BCUT2D eigenvalue weighted by Crippen LogP contribution is 2.34. The molecule has 1 atom stereocenters. The number of carbonyl (C=O) groups is 1. The van der Waals surface area contributed by atoms with Gasteiger partial charge in [0.2, 0.25) is 0 Å². The number of nitrogens with one attached hydrogen (secondary N) is 2. The molecule has 4 heteroatoms. The second kappa shape index (κ2) is 4.63. The number of carbonyl (C=O) groups excluding carboxylic acids is 1. The molecule has 0 aromatic heterocycles. The normalized spacial score (nSPS) is 16.8. The van der Waals surface area contributed by atoms with Gasteiger partial charge in [-0.25, -0.2) is 4.39 Å². The van der Waals surface area contributed by atoms with Gasteiger partial charge >= 0.3 is 0 Å². The van der Waals surface area contributed by atoms with Crippen molar-refractivity contribution in [2.45, 2.75) is 19.9 Å². The highest BCUT2D eigenvalue weighted by Gasteiger charge is 2.30. The van der Waals surface area contributed by atoms with Crippen molar-refractivity contribution in [2.24, 2.45) is 0 Å². The van der Waals surface area contributed by atoms with E-state index in [2.05, 4.69) is 16.7 Å². The van der Waals surface area contributed by atoms with Crippen LogP contribution in [-0.2, 0) is 4.79 Å². The fraction of sp³-hybridized carbons (Fsp3) is 0.188. The Balaban J connectivity index is 1.94. The van der Waals surface area contributed by atoms with Crippen LogP contribution in [0.1, 0.15) is 22.7 Å². The third kappa shape index (κ3) is 2.13. The molecule has 0 spiro atoms. The third-order valence-electron chi connectivity index (χ3n) is 3.53. The number of fused-ring (bicyclic) bond motifs is 1. The summed E-state index contributed by atoms with van der Waals surface area (Å²) in [5.74, 6) is -0.512. The molecule has 1 aliphatic rings. The first-order valence-electron chi connectivity index (χ1n) is 6.49. The lowest BCUT2D eigenvalue weighted by molar-refractivity contribution is -0.116. The molecule has 0 aliphatic carbocycles. The van der Waals surface area contributed by atoms with E-state index in [1.165, 1.54) is 17.7 Å². The smallest absolute Gasteiger partial charge is 0.251 e. The van der Waals surface area contributed by atoms with Crippen molar-refractivity contribution in [3.63, 3.8) is 0 Å². The Labute approximate surface area is 116 Å². The monoisotopic (exact) mass is 270 g/mol. The molecule has 0 radical (unpaired) electrons. The number of hydrogen-bond acceptors (Lipinski definition) is 2. The number of benzene rings is 2. The maximum Gasteiger partial charge on any atom is 0.251 e. The molecule has 1 aliphatic heterocycles. The fourth-order valence-electron chi connectivity index (χ4n) is 2.51. The van der Waals surface area contributed by atoms with Crippen LogP contribution in [0.5, 0.6) is 0 Å². The van der Waals surface area contributed by atoms with E-state index in [0.717, 1.165) is 16.8 Å². The van der Waals surface area contributed by atoms with Crippen LogP contribution >= 0.6 is 0 Å². The van der Waals surface area contributed by atoms with Crippen LogP contribution in [0.4, 0.5) is 15.8 Å². The van der Waals surface area contributed by atoms with Crippen molar-refractivity contribution < 1.29 is 9.18 Å². The molecule has 20 heavy (non-hydrogen) atoms. The average molecular weight is 270 g/mol. The van der Waals surface area contributed by atoms with Crippen LogP contribution in [0.25, 0.3) is 0 Å². The maximum absolute atomic E-state index is 13.2. The molecule has 0 saturated carbocycles. The summed E-state index contributed by atoms with van der Waals surface area (Å²) in [4.78, 5) is 12.0. The molecular weight excluding hydrogens is 255 g/mol. The number of anilines is 2. The summed E-state index contributed by atoms with van der Waals surface area (Å²) in [6.45, 7) is 4.02. The Hall–Kier alpha value is -2.36. The fourth-order valence-corrected chi connectivity index (χ4v) is 2.51. The molecule has 0 fully saturated rings. The third-order valence-corrected chi connectivity index (χ3v) is 3.53. The predicted molar refractivity (Wildman–Crippen MR) is 77.3 cm³/mol. The number of amides is 1. The molecule has 2 aromatic carbocycles. The predicted octanol–water partition coefficient (Wildman–Crippen LogP) is 3.55. The molecule has 2 N–H and O–H groups in total. The van der Waals surface area contributed by atoms with Crippen LogP contribution in [-0.4, -0.2) is 5.91 Å². The van der Waals surface area contributed by atoms with Gasteiger partial charge in [-0.15, -0.1) is 0 Å². The zero-order valence-electron chi connectivity index (χ0n) is 11.3. The minimum atomic E-state index is -0.480. The summed E-state index contributed by atoms with van der Waals surface area (Å²) in [5, 5.41) is 5.93. The molecule has 102 valence electrons. The Morgan fingerprint density at radius 3 is 2.70 bits per heavy atom. The lowest BCUT2D eigenvalue weighted by Gasteiger charge is -2.15. The minimum Gasteiger partial charge on any atom is -0.370 e. The van der Waals surface area contributed by atoms with Gasteiger partial charge in [-0.3, -0.25) is 4.79 Å². The standard InChI is InChI=1S/C16H15FN2O/c1-9-3-6-13(10(2)7-9)18-15-12-5-4-11(17)8-14(12)19-16(15)20/h3-8,15,18H,1-2H3,(H,19,20). The summed E-state index contributed by atoms with van der Waals surface area (Å²) in [6, 6.07) is 9.89. The molecule has 1 amide bonds. The van der Waals surface area contributed by atoms with Gasteiger partial charge in [-0.2, -0.15) is 0 Å². The molecule has 1 unspecified atom stereocenters. The van der Waals surface area contributed by atoms with Crippen LogP contribution in [0, 0.1) is 19.7 Å². The van der Waals surface area contributed by atoms with E-state index in [9.17, 15) is 9.18 Å². The van der Waals surface area contributed by atoms with E-state index in [4.69, 9.17) is 0 Å². The number of aryl methyl sites for hydroxylation is 2. The molecule has 3 rings (SSSR count). The Bertz CT molecular complexity index is 697. The summed E-state index contributed by atoms with van der Waals surface area (Å²) < 4.78 is 13.2. The number of halogens is 1. The van der Waals surface area contributed by atoms with Crippen LogP contribution in [0.3, 0.4) is 0 Å². The highest BCUT2D eigenvalue weighted by atomic mass is 19.1. The zero-order chi connectivity index (χ0) is 14.3. The molecule has 1 heterocycles. The average Bonchev–Trinajstić information content (AvgIpc) is 2.68. The van der Waals surface area contributed by atoms with E-state index in [1.54, 1.807) is 6.07 Å². The van der Waals surface area contributed by atoms with Crippen molar-refractivity contribution in [1.82, 2.24) is 0 Å². The van der Waals surface area contributed by atoms with Gasteiger partial charge in [-0.05, 0) is 37.6 Å². The molecule has 2 aromatic rings.